The van der Waals surface area contributed by atoms with E-state index < -0.39 is 0 Å². The molecular formula is C21H35IN4O2. The number of fused-ring (bicyclic) bond motifs is 5. The summed E-state index contributed by atoms with van der Waals surface area (Å²) in [6.07, 6.45) is 8.75. The Hall–Kier alpha value is -1.12. The molecule has 1 saturated heterocycles. The highest BCUT2D eigenvalue weighted by Crippen LogP contribution is 2.52. The molecule has 0 spiro atoms. The van der Waals surface area contributed by atoms with Crippen LogP contribution in [-0.4, -0.2) is 48.9 Å². The lowest BCUT2D eigenvalue weighted by Crippen LogP contribution is -2.43. The predicted octanol–water partition coefficient (Wildman–Crippen LogP) is 2.79. The number of imide groups is 1. The Labute approximate surface area is 186 Å². The van der Waals surface area contributed by atoms with Crippen LogP contribution < -0.4 is 10.6 Å². The van der Waals surface area contributed by atoms with Crippen LogP contribution in [0.4, 0.5) is 0 Å². The quantitative estimate of drug-likeness (QED) is 0.127. The highest BCUT2D eigenvalue weighted by molar-refractivity contribution is 14.0. The summed E-state index contributed by atoms with van der Waals surface area (Å²) < 4.78 is 0. The molecule has 2 N–H and O–H groups in total. The number of halogens is 1. The Morgan fingerprint density at radius 2 is 1.79 bits per heavy atom. The molecule has 7 heteroatoms. The number of likely N-dealkylation sites (tertiary alicyclic amines) is 1. The molecule has 3 aliphatic rings. The van der Waals surface area contributed by atoms with Gasteiger partial charge in [-0.2, -0.15) is 0 Å². The summed E-state index contributed by atoms with van der Waals surface area (Å²) in [6, 6.07) is 0. The molecule has 1 heterocycles. The van der Waals surface area contributed by atoms with E-state index in [1.807, 2.05) is 6.92 Å². The highest BCUT2D eigenvalue weighted by atomic mass is 127. The Morgan fingerprint density at radius 3 is 2.36 bits per heavy atom. The number of carbonyl (C=O) groups is 2. The third-order valence-corrected chi connectivity index (χ3v) is 5.99. The molecule has 6 nitrogen and oxygen atoms in total. The summed E-state index contributed by atoms with van der Waals surface area (Å²) in [6.45, 7) is 9.06. The minimum Gasteiger partial charge on any atom is -0.357 e. The number of aliphatic imine (C=N–C) groups is 1. The van der Waals surface area contributed by atoms with E-state index in [9.17, 15) is 9.59 Å². The zero-order valence-electron chi connectivity index (χ0n) is 17.3. The van der Waals surface area contributed by atoms with Crippen molar-refractivity contribution in [2.45, 2.75) is 46.5 Å². The van der Waals surface area contributed by atoms with E-state index >= 15 is 0 Å². The van der Waals surface area contributed by atoms with E-state index in [1.54, 1.807) is 0 Å². The molecule has 2 bridgehead atoms. The summed E-state index contributed by atoms with van der Waals surface area (Å²) in [5, 5.41) is 6.50. The lowest BCUT2D eigenvalue weighted by molar-refractivity contribution is -0.140. The molecule has 158 valence electrons. The molecule has 4 atom stereocenters. The maximum Gasteiger partial charge on any atom is 0.233 e. The summed E-state index contributed by atoms with van der Waals surface area (Å²) >= 11 is 0. The first-order chi connectivity index (χ1) is 13.0. The van der Waals surface area contributed by atoms with Crippen LogP contribution in [0.3, 0.4) is 0 Å². The number of amides is 2. The van der Waals surface area contributed by atoms with Crippen molar-refractivity contribution in [2.24, 2.45) is 34.6 Å². The van der Waals surface area contributed by atoms with Crippen LogP contribution in [0.5, 0.6) is 0 Å². The van der Waals surface area contributed by atoms with Crippen LogP contribution in [0.25, 0.3) is 0 Å². The third kappa shape index (κ3) is 5.07. The highest BCUT2D eigenvalue weighted by Gasteiger charge is 2.58. The van der Waals surface area contributed by atoms with E-state index in [1.165, 1.54) is 17.7 Å². The van der Waals surface area contributed by atoms with Gasteiger partial charge in [0.1, 0.15) is 0 Å². The Kier molecular flexibility index (Phi) is 8.77. The minimum absolute atomic E-state index is 0. The minimum atomic E-state index is -0.102. The smallest absolute Gasteiger partial charge is 0.233 e. The molecule has 28 heavy (non-hydrogen) atoms. The number of hydrogen-bond donors (Lipinski definition) is 2. The van der Waals surface area contributed by atoms with Crippen molar-refractivity contribution < 1.29 is 9.59 Å². The zero-order chi connectivity index (χ0) is 19.4. The van der Waals surface area contributed by atoms with Gasteiger partial charge in [-0.1, -0.05) is 38.8 Å². The molecule has 0 aromatic heterocycles. The lowest BCUT2D eigenvalue weighted by atomic mass is 9.85. The van der Waals surface area contributed by atoms with Crippen LogP contribution in [0.2, 0.25) is 0 Å². The average Bonchev–Trinajstić information content (AvgIpc) is 3.30. The number of allylic oxidation sites excluding steroid dienone is 2. The molecular weight excluding hydrogens is 467 g/mol. The third-order valence-electron chi connectivity index (χ3n) is 5.99. The Morgan fingerprint density at radius 1 is 1.14 bits per heavy atom. The fourth-order valence-corrected chi connectivity index (χ4v) is 4.67. The maximum atomic E-state index is 12.7. The number of guanidine groups is 1. The van der Waals surface area contributed by atoms with Gasteiger partial charge in [0, 0.05) is 26.2 Å². The number of nitrogens with one attached hydrogen (secondary N) is 2. The monoisotopic (exact) mass is 502 g/mol. The van der Waals surface area contributed by atoms with Crippen molar-refractivity contribution in [3.63, 3.8) is 0 Å². The standard InChI is InChI=1S/C21H34N4O2.HI/c1-4-22-21(23-10-6-5-7-14(2)3)24-11-12-25-19(26)17-15-8-9-16(13-15)18(17)20(25)27;/h8-9,14-18H,4-7,10-13H2,1-3H3,(H2,22,23,24);1H. The summed E-state index contributed by atoms with van der Waals surface area (Å²) in [5.74, 6) is 1.91. The van der Waals surface area contributed by atoms with E-state index in [2.05, 4.69) is 41.6 Å². The van der Waals surface area contributed by atoms with Crippen molar-refractivity contribution in [1.29, 1.82) is 0 Å². The van der Waals surface area contributed by atoms with E-state index in [-0.39, 0.29) is 59.5 Å². The number of carbonyl (C=O) groups excluding carboxylic acids is 2. The molecule has 2 fully saturated rings. The van der Waals surface area contributed by atoms with Crippen LogP contribution in [0.1, 0.15) is 46.5 Å². The SMILES string of the molecule is CCNC(=NCCCCC(C)C)NCCN1C(=O)C2C3C=CC(C3)C2C1=O.I. The molecule has 1 saturated carbocycles. The molecule has 3 rings (SSSR count). The fraction of sp³-hybridized carbons (Fsp3) is 0.762. The number of rotatable bonds is 9. The molecule has 0 aromatic carbocycles. The molecule has 0 aromatic rings. The van der Waals surface area contributed by atoms with Gasteiger partial charge < -0.3 is 10.6 Å². The van der Waals surface area contributed by atoms with Gasteiger partial charge in [-0.15, -0.1) is 24.0 Å². The number of nitrogens with zero attached hydrogens (tertiary/aromatic N) is 2. The van der Waals surface area contributed by atoms with Gasteiger partial charge in [0.25, 0.3) is 0 Å². The summed E-state index contributed by atoms with van der Waals surface area (Å²) in [4.78, 5) is 31.4. The predicted molar refractivity (Wildman–Crippen MR) is 123 cm³/mol. The van der Waals surface area contributed by atoms with Crippen LogP contribution in [0.15, 0.2) is 17.1 Å². The molecule has 4 unspecified atom stereocenters. The second kappa shape index (κ2) is 10.6. The van der Waals surface area contributed by atoms with Crippen LogP contribution in [-0.2, 0) is 9.59 Å². The van der Waals surface area contributed by atoms with Crippen molar-refractivity contribution in [2.75, 3.05) is 26.2 Å². The summed E-state index contributed by atoms with van der Waals surface area (Å²) in [5.41, 5.74) is 0. The zero-order valence-corrected chi connectivity index (χ0v) is 19.6. The van der Waals surface area contributed by atoms with E-state index in [0.717, 1.165) is 37.8 Å². The van der Waals surface area contributed by atoms with Gasteiger partial charge in [0.15, 0.2) is 5.96 Å². The van der Waals surface area contributed by atoms with Crippen molar-refractivity contribution in [3.8, 4) is 0 Å². The molecule has 1 aliphatic heterocycles. The van der Waals surface area contributed by atoms with Gasteiger partial charge in [-0.25, -0.2) is 0 Å². The fourth-order valence-electron chi connectivity index (χ4n) is 4.67. The maximum absolute atomic E-state index is 12.7. The van der Waals surface area contributed by atoms with Crippen LogP contribution >= 0.6 is 24.0 Å². The number of hydrogen-bond acceptors (Lipinski definition) is 3. The topological polar surface area (TPSA) is 73.8 Å². The average molecular weight is 502 g/mol. The van der Waals surface area contributed by atoms with E-state index in [4.69, 9.17) is 0 Å². The van der Waals surface area contributed by atoms with Crippen molar-refractivity contribution in [1.82, 2.24) is 15.5 Å². The van der Waals surface area contributed by atoms with Gasteiger partial charge in [-0.05, 0) is 37.5 Å². The Balaban J connectivity index is 0.00000280. The molecule has 2 aliphatic carbocycles. The molecule has 2 amide bonds. The lowest BCUT2D eigenvalue weighted by Gasteiger charge is -2.18. The second-order valence-electron chi connectivity index (χ2n) is 8.41. The van der Waals surface area contributed by atoms with Gasteiger partial charge >= 0.3 is 0 Å². The van der Waals surface area contributed by atoms with E-state index in [0.29, 0.717) is 13.1 Å². The van der Waals surface area contributed by atoms with Crippen molar-refractivity contribution in [3.05, 3.63) is 12.2 Å². The second-order valence-corrected chi connectivity index (χ2v) is 8.41. The van der Waals surface area contributed by atoms with Crippen molar-refractivity contribution >= 4 is 41.8 Å². The van der Waals surface area contributed by atoms with Crippen LogP contribution in [0, 0.1) is 29.6 Å². The van der Waals surface area contributed by atoms with Gasteiger partial charge in [0.2, 0.25) is 11.8 Å². The number of unbranched alkanes of at least 4 members (excludes halogenated alkanes) is 1. The van der Waals surface area contributed by atoms with Gasteiger partial charge in [-0.3, -0.25) is 19.5 Å². The molecule has 0 radical (unpaired) electrons. The largest absolute Gasteiger partial charge is 0.357 e. The van der Waals surface area contributed by atoms with Gasteiger partial charge in [0.05, 0.1) is 11.8 Å². The summed E-state index contributed by atoms with van der Waals surface area (Å²) in [7, 11) is 0. The normalized spacial score (nSPS) is 28.1. The first-order valence-electron chi connectivity index (χ1n) is 10.6. The Bertz CT molecular complexity index is 590. The first-order valence-corrected chi connectivity index (χ1v) is 10.6. The first kappa shape index (κ1) is 23.2.